The Bertz CT molecular complexity index is 694. The van der Waals surface area contributed by atoms with Gasteiger partial charge in [-0.05, 0) is 41.1 Å². The normalized spacial score (nSPS) is 10.4. The molecule has 3 nitrogen and oxygen atoms in total. The minimum atomic E-state index is -0.646. The second-order valence-corrected chi connectivity index (χ2v) is 5.61. The van der Waals surface area contributed by atoms with E-state index in [-0.39, 0.29) is 20.9 Å². The lowest BCUT2D eigenvalue weighted by Gasteiger charge is -2.09. The first kappa shape index (κ1) is 15.2. The lowest BCUT2D eigenvalue weighted by molar-refractivity contribution is 0.102. The van der Waals surface area contributed by atoms with Crippen LogP contribution in [0.3, 0.4) is 0 Å². The fourth-order valence-electron chi connectivity index (χ4n) is 1.50. The summed E-state index contributed by atoms with van der Waals surface area (Å²) in [6, 6.07) is 5.90. The molecule has 0 aliphatic heterocycles. The van der Waals surface area contributed by atoms with Crippen LogP contribution in [0.5, 0.6) is 0 Å². The number of benzene rings is 1. The van der Waals surface area contributed by atoms with Crippen molar-refractivity contribution >= 4 is 50.9 Å². The fraction of sp³-hybridized carbons (Fsp3) is 0.0769. The van der Waals surface area contributed by atoms with Gasteiger partial charge in [-0.15, -0.1) is 0 Å². The van der Waals surface area contributed by atoms with E-state index in [4.69, 9.17) is 23.2 Å². The van der Waals surface area contributed by atoms with E-state index in [2.05, 4.69) is 26.2 Å². The van der Waals surface area contributed by atoms with E-state index < -0.39 is 11.7 Å². The van der Waals surface area contributed by atoms with Gasteiger partial charge in [0, 0.05) is 0 Å². The van der Waals surface area contributed by atoms with Gasteiger partial charge >= 0.3 is 0 Å². The van der Waals surface area contributed by atoms with Crippen LogP contribution in [0.25, 0.3) is 0 Å². The summed E-state index contributed by atoms with van der Waals surface area (Å²) in [5, 5.41) is 3.04. The number of rotatable bonds is 2. The Morgan fingerprint density at radius 2 is 2.05 bits per heavy atom. The second kappa shape index (κ2) is 6.08. The van der Waals surface area contributed by atoms with Gasteiger partial charge in [0.15, 0.2) is 5.82 Å². The molecule has 0 fully saturated rings. The number of nitrogens with zero attached hydrogens (tertiary/aromatic N) is 1. The van der Waals surface area contributed by atoms with Crippen LogP contribution in [0.4, 0.5) is 10.2 Å². The first-order valence-corrected chi connectivity index (χ1v) is 7.03. The van der Waals surface area contributed by atoms with Crippen LogP contribution in [-0.4, -0.2) is 10.9 Å². The van der Waals surface area contributed by atoms with Gasteiger partial charge in [0.05, 0.1) is 25.8 Å². The molecule has 1 N–H and O–H groups in total. The summed E-state index contributed by atoms with van der Waals surface area (Å²) in [6.45, 7) is 1.67. The van der Waals surface area contributed by atoms with Crippen LogP contribution in [0, 0.1) is 12.7 Å². The molecule has 0 bridgehead atoms. The van der Waals surface area contributed by atoms with E-state index in [0.29, 0.717) is 10.7 Å². The molecular weight excluding hydrogens is 370 g/mol. The summed E-state index contributed by atoms with van der Waals surface area (Å²) < 4.78 is 14.0. The molecule has 0 unspecified atom stereocenters. The molecule has 1 aromatic heterocycles. The Kier molecular flexibility index (Phi) is 4.62. The van der Waals surface area contributed by atoms with Crippen molar-refractivity contribution in [2.24, 2.45) is 0 Å². The van der Waals surface area contributed by atoms with Crippen molar-refractivity contribution in [3.8, 4) is 0 Å². The molecule has 0 atom stereocenters. The van der Waals surface area contributed by atoms with Gasteiger partial charge < -0.3 is 5.32 Å². The zero-order valence-corrected chi connectivity index (χ0v) is 13.3. The highest BCUT2D eigenvalue weighted by Crippen LogP contribution is 2.26. The first-order valence-electron chi connectivity index (χ1n) is 5.48. The molecule has 2 rings (SSSR count). The van der Waals surface area contributed by atoms with E-state index in [1.54, 1.807) is 13.0 Å². The van der Waals surface area contributed by atoms with Crippen molar-refractivity contribution < 1.29 is 9.18 Å². The third kappa shape index (κ3) is 3.11. The number of halogens is 4. The van der Waals surface area contributed by atoms with E-state index in [9.17, 15) is 9.18 Å². The smallest absolute Gasteiger partial charge is 0.259 e. The minimum Gasteiger partial charge on any atom is -0.305 e. The lowest BCUT2D eigenvalue weighted by atomic mass is 10.2. The third-order valence-corrected chi connectivity index (χ3v) is 3.82. The Hall–Kier alpha value is -1.17. The number of carbonyl (C=O) groups excluding carboxylic acids is 1. The zero-order valence-electron chi connectivity index (χ0n) is 10.2. The molecule has 0 saturated heterocycles. The average Bonchev–Trinajstić information content (AvgIpc) is 2.39. The van der Waals surface area contributed by atoms with Crippen LogP contribution in [-0.2, 0) is 0 Å². The van der Waals surface area contributed by atoms with Gasteiger partial charge in [-0.3, -0.25) is 4.79 Å². The number of carbonyl (C=O) groups is 1. The molecule has 1 heterocycles. The molecule has 2 aromatic rings. The molecule has 0 aliphatic carbocycles. The van der Waals surface area contributed by atoms with Crippen molar-refractivity contribution in [1.29, 1.82) is 0 Å². The molecule has 0 aliphatic rings. The first-order chi connectivity index (χ1) is 9.40. The summed E-state index contributed by atoms with van der Waals surface area (Å²) in [6.07, 6.45) is 0. The van der Waals surface area contributed by atoms with Gasteiger partial charge in [0.1, 0.15) is 5.82 Å². The largest absolute Gasteiger partial charge is 0.305 e. The van der Waals surface area contributed by atoms with Crippen molar-refractivity contribution in [3.63, 3.8) is 0 Å². The molecule has 0 radical (unpaired) electrons. The van der Waals surface area contributed by atoms with E-state index in [1.165, 1.54) is 18.2 Å². The number of nitrogens with one attached hydrogen (secondary N) is 1. The summed E-state index contributed by atoms with van der Waals surface area (Å²) in [5.74, 6) is -1.15. The van der Waals surface area contributed by atoms with Crippen LogP contribution < -0.4 is 5.32 Å². The van der Waals surface area contributed by atoms with Gasteiger partial charge in [-0.25, -0.2) is 9.37 Å². The van der Waals surface area contributed by atoms with Gasteiger partial charge in [0.25, 0.3) is 5.91 Å². The number of anilines is 1. The third-order valence-electron chi connectivity index (χ3n) is 2.53. The Morgan fingerprint density at radius 3 is 2.75 bits per heavy atom. The highest BCUT2D eigenvalue weighted by Gasteiger charge is 2.16. The van der Waals surface area contributed by atoms with Crippen molar-refractivity contribution in [2.75, 3.05) is 5.32 Å². The van der Waals surface area contributed by atoms with E-state index in [0.717, 1.165) is 0 Å². The SMILES string of the molecule is Cc1nc(NC(=O)c2cccc(Br)c2F)c(Cl)cc1Cl. The molecule has 104 valence electrons. The van der Waals surface area contributed by atoms with Gasteiger partial charge in [-0.2, -0.15) is 0 Å². The Labute approximate surface area is 133 Å². The fourth-order valence-corrected chi connectivity index (χ4v) is 2.27. The molecule has 1 aromatic carbocycles. The van der Waals surface area contributed by atoms with E-state index in [1.807, 2.05) is 0 Å². The quantitative estimate of drug-likeness (QED) is 0.812. The molecule has 7 heteroatoms. The zero-order chi connectivity index (χ0) is 14.9. The summed E-state index contributed by atoms with van der Waals surface area (Å²) in [7, 11) is 0. The topological polar surface area (TPSA) is 42.0 Å². The van der Waals surface area contributed by atoms with Gasteiger partial charge in [0.2, 0.25) is 0 Å². The molecule has 0 spiro atoms. The summed E-state index contributed by atoms with van der Waals surface area (Å²) >= 11 is 14.8. The van der Waals surface area contributed by atoms with Crippen LogP contribution in [0.2, 0.25) is 10.0 Å². The number of aryl methyl sites for hydroxylation is 1. The highest BCUT2D eigenvalue weighted by atomic mass is 79.9. The predicted octanol–water partition coefficient (Wildman–Crippen LogP) is 4.85. The van der Waals surface area contributed by atoms with Crippen molar-refractivity contribution in [2.45, 2.75) is 6.92 Å². The molecule has 20 heavy (non-hydrogen) atoms. The lowest BCUT2D eigenvalue weighted by Crippen LogP contribution is -2.15. The maximum absolute atomic E-state index is 13.8. The van der Waals surface area contributed by atoms with Crippen molar-refractivity contribution in [3.05, 3.63) is 55.9 Å². The average molecular weight is 378 g/mol. The van der Waals surface area contributed by atoms with Crippen molar-refractivity contribution in [1.82, 2.24) is 4.98 Å². The van der Waals surface area contributed by atoms with Crippen LogP contribution in [0.1, 0.15) is 16.1 Å². The second-order valence-electron chi connectivity index (χ2n) is 3.94. The Balaban J connectivity index is 2.33. The molecule has 0 saturated carbocycles. The molecular formula is C13H8BrCl2FN2O. The predicted molar refractivity (Wildman–Crippen MR) is 81.0 cm³/mol. The molecule has 1 amide bonds. The van der Waals surface area contributed by atoms with Crippen LogP contribution >= 0.6 is 39.1 Å². The number of hydrogen-bond donors (Lipinski definition) is 1. The summed E-state index contributed by atoms with van der Waals surface area (Å²) in [5.41, 5.74) is 0.408. The number of aromatic nitrogens is 1. The number of pyridine rings is 1. The summed E-state index contributed by atoms with van der Waals surface area (Å²) in [4.78, 5) is 16.1. The van der Waals surface area contributed by atoms with E-state index >= 15 is 0 Å². The number of amides is 1. The standard InChI is InChI=1S/C13H8BrCl2FN2O/c1-6-9(15)5-10(16)12(18-6)19-13(20)7-3-2-4-8(14)11(7)17/h2-5H,1H3,(H,18,19,20). The maximum atomic E-state index is 13.8. The van der Waals surface area contributed by atoms with Gasteiger partial charge in [-0.1, -0.05) is 29.3 Å². The highest BCUT2D eigenvalue weighted by molar-refractivity contribution is 9.10. The Morgan fingerprint density at radius 1 is 1.35 bits per heavy atom. The van der Waals surface area contributed by atoms with Crippen LogP contribution in [0.15, 0.2) is 28.7 Å². The monoisotopic (exact) mass is 376 g/mol. The maximum Gasteiger partial charge on any atom is 0.259 e. The number of hydrogen-bond acceptors (Lipinski definition) is 2. The minimum absolute atomic E-state index is 0.107.